The highest BCUT2D eigenvalue weighted by atomic mass is 16.5. The largest absolute Gasteiger partial charge is 0.496 e. The van der Waals surface area contributed by atoms with Crippen molar-refractivity contribution in [3.05, 3.63) is 114 Å². The molecule has 0 atom stereocenters. The van der Waals surface area contributed by atoms with Gasteiger partial charge in [0.25, 0.3) is 5.91 Å². The SMILES string of the molecule is COc1ccc(C(=O)Nc2cccc3ccccc23)cc1COc1ccc2ccccc2c1. The van der Waals surface area contributed by atoms with Crippen LogP contribution in [0.2, 0.25) is 0 Å². The molecule has 1 N–H and O–H groups in total. The highest BCUT2D eigenvalue weighted by Crippen LogP contribution is 2.27. The van der Waals surface area contributed by atoms with Crippen molar-refractivity contribution in [3.63, 3.8) is 0 Å². The second kappa shape index (κ2) is 9.05. The van der Waals surface area contributed by atoms with Gasteiger partial charge in [0.05, 0.1) is 7.11 Å². The molecule has 0 saturated carbocycles. The fourth-order valence-electron chi connectivity index (χ4n) is 3.98. The topological polar surface area (TPSA) is 47.6 Å². The zero-order valence-electron chi connectivity index (χ0n) is 18.2. The van der Waals surface area contributed by atoms with Gasteiger partial charge in [0.2, 0.25) is 0 Å². The molecule has 0 spiro atoms. The number of carbonyl (C=O) groups excluding carboxylic acids is 1. The molecule has 0 bridgehead atoms. The van der Waals surface area contributed by atoms with E-state index in [2.05, 4.69) is 17.4 Å². The van der Waals surface area contributed by atoms with Crippen molar-refractivity contribution in [1.82, 2.24) is 0 Å². The van der Waals surface area contributed by atoms with Crippen LogP contribution in [0.5, 0.6) is 11.5 Å². The van der Waals surface area contributed by atoms with Crippen molar-refractivity contribution in [2.75, 3.05) is 12.4 Å². The fourth-order valence-corrected chi connectivity index (χ4v) is 3.98. The molecule has 5 aromatic rings. The highest BCUT2D eigenvalue weighted by molar-refractivity contribution is 6.09. The summed E-state index contributed by atoms with van der Waals surface area (Å²) in [5.41, 5.74) is 2.12. The van der Waals surface area contributed by atoms with E-state index in [1.54, 1.807) is 19.2 Å². The molecule has 0 aliphatic rings. The lowest BCUT2D eigenvalue weighted by Gasteiger charge is -2.13. The Kier molecular flexibility index (Phi) is 5.64. The van der Waals surface area contributed by atoms with Crippen LogP contribution in [-0.2, 0) is 6.61 Å². The summed E-state index contributed by atoms with van der Waals surface area (Å²) >= 11 is 0. The Balaban J connectivity index is 1.37. The van der Waals surface area contributed by atoms with Gasteiger partial charge in [-0.25, -0.2) is 0 Å². The summed E-state index contributed by atoms with van der Waals surface area (Å²) in [5, 5.41) is 7.40. The van der Waals surface area contributed by atoms with Crippen LogP contribution in [0, 0.1) is 0 Å². The first-order chi connectivity index (χ1) is 16.2. The molecule has 4 nitrogen and oxygen atoms in total. The van der Waals surface area contributed by atoms with Gasteiger partial charge in [-0.2, -0.15) is 0 Å². The third-order valence-corrected chi connectivity index (χ3v) is 5.70. The first kappa shape index (κ1) is 20.6. The minimum atomic E-state index is -0.180. The van der Waals surface area contributed by atoms with Crippen LogP contribution >= 0.6 is 0 Å². The van der Waals surface area contributed by atoms with E-state index in [9.17, 15) is 4.79 Å². The molecule has 5 rings (SSSR count). The van der Waals surface area contributed by atoms with Crippen LogP contribution < -0.4 is 14.8 Å². The highest BCUT2D eigenvalue weighted by Gasteiger charge is 2.13. The van der Waals surface area contributed by atoms with Crippen molar-refractivity contribution < 1.29 is 14.3 Å². The number of hydrogen-bond donors (Lipinski definition) is 1. The lowest BCUT2D eigenvalue weighted by Crippen LogP contribution is -2.13. The maximum Gasteiger partial charge on any atom is 0.255 e. The molecular weight excluding hydrogens is 410 g/mol. The number of hydrogen-bond acceptors (Lipinski definition) is 3. The summed E-state index contributed by atoms with van der Waals surface area (Å²) in [5.74, 6) is 1.26. The quantitative estimate of drug-likeness (QED) is 0.319. The van der Waals surface area contributed by atoms with Crippen LogP contribution in [0.1, 0.15) is 15.9 Å². The molecule has 0 heterocycles. The van der Waals surface area contributed by atoms with Gasteiger partial charge in [-0.1, -0.05) is 66.7 Å². The van der Waals surface area contributed by atoms with Crippen molar-refractivity contribution in [2.24, 2.45) is 0 Å². The number of amides is 1. The Morgan fingerprint density at radius 1 is 0.758 bits per heavy atom. The number of benzene rings is 5. The first-order valence-corrected chi connectivity index (χ1v) is 10.8. The van der Waals surface area contributed by atoms with E-state index in [0.29, 0.717) is 11.3 Å². The predicted octanol–water partition coefficient (Wildman–Crippen LogP) is 6.83. The van der Waals surface area contributed by atoms with Gasteiger partial charge < -0.3 is 14.8 Å². The third kappa shape index (κ3) is 4.37. The van der Waals surface area contributed by atoms with E-state index in [1.165, 1.54) is 0 Å². The second-order valence-corrected chi connectivity index (χ2v) is 7.81. The van der Waals surface area contributed by atoms with Crippen molar-refractivity contribution in [2.45, 2.75) is 6.61 Å². The molecular formula is C29H23NO3. The average molecular weight is 434 g/mol. The fraction of sp³-hybridized carbons (Fsp3) is 0.0690. The maximum absolute atomic E-state index is 13.0. The summed E-state index contributed by atoms with van der Waals surface area (Å²) in [6, 6.07) is 33.4. The second-order valence-electron chi connectivity index (χ2n) is 7.81. The van der Waals surface area contributed by atoms with Crippen LogP contribution in [-0.4, -0.2) is 13.0 Å². The van der Waals surface area contributed by atoms with Gasteiger partial charge in [0.1, 0.15) is 18.1 Å². The molecule has 162 valence electrons. The van der Waals surface area contributed by atoms with Gasteiger partial charge >= 0.3 is 0 Å². The summed E-state index contributed by atoms with van der Waals surface area (Å²) in [4.78, 5) is 13.0. The van der Waals surface area contributed by atoms with Gasteiger partial charge in [0.15, 0.2) is 0 Å². The number of nitrogens with one attached hydrogen (secondary N) is 1. The molecule has 0 aromatic heterocycles. The van der Waals surface area contributed by atoms with Crippen molar-refractivity contribution >= 4 is 33.1 Å². The number of fused-ring (bicyclic) bond motifs is 2. The van der Waals surface area contributed by atoms with Gasteiger partial charge in [-0.05, 0) is 52.6 Å². The molecule has 0 saturated heterocycles. The normalized spacial score (nSPS) is 10.8. The van der Waals surface area contributed by atoms with E-state index in [0.717, 1.165) is 38.5 Å². The van der Waals surface area contributed by atoms with Crippen molar-refractivity contribution in [1.29, 1.82) is 0 Å². The predicted molar refractivity (Wildman–Crippen MR) is 133 cm³/mol. The van der Waals surface area contributed by atoms with E-state index in [-0.39, 0.29) is 12.5 Å². The number of carbonyl (C=O) groups is 1. The zero-order valence-corrected chi connectivity index (χ0v) is 18.2. The monoisotopic (exact) mass is 433 g/mol. The first-order valence-electron chi connectivity index (χ1n) is 10.8. The Bertz CT molecular complexity index is 1450. The third-order valence-electron chi connectivity index (χ3n) is 5.70. The standard InChI is InChI=1S/C29H23NO3/c1-32-28-16-14-23(29(31)30-27-12-6-10-21-8-4-5-11-26(21)27)17-24(28)19-33-25-15-13-20-7-2-3-9-22(20)18-25/h2-18H,19H2,1H3,(H,30,31). The van der Waals surface area contributed by atoms with Crippen molar-refractivity contribution in [3.8, 4) is 11.5 Å². The maximum atomic E-state index is 13.0. The van der Waals surface area contributed by atoms with Crippen LogP contribution in [0.15, 0.2) is 103 Å². The smallest absolute Gasteiger partial charge is 0.255 e. The lowest BCUT2D eigenvalue weighted by atomic mass is 10.1. The van der Waals surface area contributed by atoms with E-state index in [1.807, 2.05) is 78.9 Å². The molecule has 4 heteroatoms. The number of rotatable bonds is 6. The molecule has 5 aromatic carbocycles. The van der Waals surface area contributed by atoms with Crippen LogP contribution in [0.3, 0.4) is 0 Å². The molecule has 0 radical (unpaired) electrons. The van der Waals surface area contributed by atoms with E-state index in [4.69, 9.17) is 9.47 Å². The summed E-state index contributed by atoms with van der Waals surface area (Å²) < 4.78 is 11.5. The minimum Gasteiger partial charge on any atom is -0.496 e. The molecule has 1 amide bonds. The Hall–Kier alpha value is -4.31. The summed E-state index contributed by atoms with van der Waals surface area (Å²) in [6.45, 7) is 0.289. The lowest BCUT2D eigenvalue weighted by molar-refractivity contribution is 0.102. The molecule has 0 fully saturated rings. The molecule has 33 heavy (non-hydrogen) atoms. The van der Waals surface area contributed by atoms with Crippen LogP contribution in [0.4, 0.5) is 5.69 Å². The van der Waals surface area contributed by atoms with Gasteiger partial charge in [-0.15, -0.1) is 0 Å². The number of ether oxygens (including phenoxy) is 2. The molecule has 0 aliphatic carbocycles. The zero-order chi connectivity index (χ0) is 22.6. The van der Waals surface area contributed by atoms with Gasteiger partial charge in [-0.3, -0.25) is 4.79 Å². The van der Waals surface area contributed by atoms with Gasteiger partial charge in [0, 0.05) is 22.2 Å². The molecule has 0 unspecified atom stereocenters. The summed E-state index contributed by atoms with van der Waals surface area (Å²) in [6.07, 6.45) is 0. The van der Waals surface area contributed by atoms with Crippen LogP contribution in [0.25, 0.3) is 21.5 Å². The minimum absolute atomic E-state index is 0.180. The number of anilines is 1. The van der Waals surface area contributed by atoms with E-state index < -0.39 is 0 Å². The average Bonchev–Trinajstić information content (AvgIpc) is 2.87. The molecule has 0 aliphatic heterocycles. The Morgan fingerprint density at radius 2 is 1.52 bits per heavy atom. The summed E-state index contributed by atoms with van der Waals surface area (Å²) in [7, 11) is 1.62. The Labute approximate surface area is 192 Å². The number of methoxy groups -OCH3 is 1. The van der Waals surface area contributed by atoms with E-state index >= 15 is 0 Å². The Morgan fingerprint density at radius 3 is 2.36 bits per heavy atom.